The molecule has 1 aromatic carbocycles. The number of hydrogen-bond donors (Lipinski definition) is 4. The Kier molecular flexibility index (Phi) is 9.67. The van der Waals surface area contributed by atoms with Crippen molar-refractivity contribution in [3.8, 4) is 5.75 Å². The number of aliphatic imine (C=N–C) groups is 1. The molecule has 148 valence electrons. The van der Waals surface area contributed by atoms with Gasteiger partial charge in [0.1, 0.15) is 5.75 Å². The number of aliphatic hydroxyl groups excluding tert-OH is 1. The van der Waals surface area contributed by atoms with Crippen LogP contribution in [0.15, 0.2) is 17.1 Å². The fraction of sp³-hybridized carbons (Fsp3) is 0.632. The summed E-state index contributed by atoms with van der Waals surface area (Å²) in [6, 6.07) is 3.93. The van der Waals surface area contributed by atoms with Gasteiger partial charge in [-0.1, -0.05) is 12.1 Å². The fourth-order valence-electron chi connectivity index (χ4n) is 3.23. The average molecular weight is 477 g/mol. The maximum absolute atomic E-state index is 9.88. The summed E-state index contributed by atoms with van der Waals surface area (Å²) >= 11 is 0. The van der Waals surface area contributed by atoms with Gasteiger partial charge in [0.05, 0.1) is 13.2 Å². The number of guanidine groups is 1. The molecule has 26 heavy (non-hydrogen) atoms. The van der Waals surface area contributed by atoms with Gasteiger partial charge in [-0.25, -0.2) is 4.99 Å². The van der Waals surface area contributed by atoms with Crippen molar-refractivity contribution in [2.75, 3.05) is 32.9 Å². The largest absolute Gasteiger partial charge is 0.507 e. The standard InChI is InChI=1S/C19H31N3O3.HI/c1-4-20-18(22-12-19(5-7-23)6-8-25-13-19)21-11-16-9-14(2)17(24)15(3)10-16;/h9-10,23-24H,4-8,11-13H2,1-3H3,(H2,20,21,22);1H. The number of nitrogens with zero attached hydrogens (tertiary/aromatic N) is 1. The molecule has 0 radical (unpaired) electrons. The number of halogens is 1. The number of benzene rings is 1. The van der Waals surface area contributed by atoms with Gasteiger partial charge in [0, 0.05) is 31.7 Å². The summed E-state index contributed by atoms with van der Waals surface area (Å²) in [5, 5.41) is 25.9. The minimum Gasteiger partial charge on any atom is -0.507 e. The molecule has 0 amide bonds. The lowest BCUT2D eigenvalue weighted by Crippen LogP contribution is -2.44. The highest BCUT2D eigenvalue weighted by atomic mass is 127. The number of aliphatic hydroxyl groups is 1. The summed E-state index contributed by atoms with van der Waals surface area (Å²) in [6.45, 7) is 9.49. The zero-order valence-electron chi connectivity index (χ0n) is 16.0. The highest BCUT2D eigenvalue weighted by Crippen LogP contribution is 2.31. The van der Waals surface area contributed by atoms with Crippen LogP contribution in [0.1, 0.15) is 36.5 Å². The lowest BCUT2D eigenvalue weighted by atomic mass is 9.84. The molecule has 1 atom stereocenters. The van der Waals surface area contributed by atoms with Gasteiger partial charge in [0.25, 0.3) is 0 Å². The third-order valence-corrected chi connectivity index (χ3v) is 4.77. The molecule has 1 unspecified atom stereocenters. The lowest BCUT2D eigenvalue weighted by Gasteiger charge is -2.27. The van der Waals surface area contributed by atoms with Crippen molar-refractivity contribution in [1.29, 1.82) is 0 Å². The van der Waals surface area contributed by atoms with E-state index in [-0.39, 0.29) is 36.0 Å². The van der Waals surface area contributed by atoms with Gasteiger partial charge in [-0.15, -0.1) is 24.0 Å². The number of aromatic hydroxyl groups is 1. The van der Waals surface area contributed by atoms with Crippen LogP contribution in [0.3, 0.4) is 0 Å². The quantitative estimate of drug-likeness (QED) is 0.276. The zero-order chi connectivity index (χ0) is 18.3. The molecule has 1 heterocycles. The van der Waals surface area contributed by atoms with Crippen molar-refractivity contribution in [2.24, 2.45) is 10.4 Å². The summed E-state index contributed by atoms with van der Waals surface area (Å²) in [7, 11) is 0. The van der Waals surface area contributed by atoms with Crippen LogP contribution in [-0.4, -0.2) is 49.1 Å². The number of hydrogen-bond acceptors (Lipinski definition) is 4. The molecule has 0 aromatic heterocycles. The first-order valence-corrected chi connectivity index (χ1v) is 8.99. The lowest BCUT2D eigenvalue weighted by molar-refractivity contribution is 0.127. The van der Waals surface area contributed by atoms with E-state index in [0.29, 0.717) is 18.9 Å². The van der Waals surface area contributed by atoms with E-state index in [0.717, 1.165) is 55.2 Å². The molecule has 1 aliphatic rings. The SMILES string of the molecule is CCNC(=NCc1cc(C)c(O)c(C)c1)NCC1(CCO)CCOC1.I. The molecular weight excluding hydrogens is 445 g/mol. The highest BCUT2D eigenvalue weighted by molar-refractivity contribution is 14.0. The highest BCUT2D eigenvalue weighted by Gasteiger charge is 2.34. The smallest absolute Gasteiger partial charge is 0.191 e. The number of phenolic OH excluding ortho intramolecular Hbond substituents is 1. The molecule has 1 saturated heterocycles. The summed E-state index contributed by atoms with van der Waals surface area (Å²) < 4.78 is 5.54. The second-order valence-corrected chi connectivity index (χ2v) is 6.90. The summed E-state index contributed by atoms with van der Waals surface area (Å²) in [5.74, 6) is 1.11. The third-order valence-electron chi connectivity index (χ3n) is 4.77. The Morgan fingerprint density at radius 2 is 1.96 bits per heavy atom. The monoisotopic (exact) mass is 477 g/mol. The van der Waals surface area contributed by atoms with Crippen LogP contribution in [0.5, 0.6) is 5.75 Å². The first-order valence-electron chi connectivity index (χ1n) is 8.99. The van der Waals surface area contributed by atoms with E-state index in [1.165, 1.54) is 0 Å². The van der Waals surface area contributed by atoms with Gasteiger partial charge < -0.3 is 25.6 Å². The van der Waals surface area contributed by atoms with E-state index >= 15 is 0 Å². The predicted octanol–water partition coefficient (Wildman–Crippen LogP) is 2.47. The van der Waals surface area contributed by atoms with Gasteiger partial charge in [-0.3, -0.25) is 0 Å². The number of aryl methyl sites for hydroxylation is 2. The Morgan fingerprint density at radius 1 is 1.27 bits per heavy atom. The van der Waals surface area contributed by atoms with Gasteiger partial charge in [0.2, 0.25) is 0 Å². The maximum atomic E-state index is 9.88. The van der Waals surface area contributed by atoms with E-state index in [1.54, 1.807) is 0 Å². The molecule has 0 spiro atoms. The molecule has 1 aromatic rings. The van der Waals surface area contributed by atoms with Crippen molar-refractivity contribution in [2.45, 2.75) is 40.2 Å². The van der Waals surface area contributed by atoms with Gasteiger partial charge in [-0.05, 0) is 50.3 Å². The van der Waals surface area contributed by atoms with Crippen LogP contribution in [-0.2, 0) is 11.3 Å². The molecule has 1 aliphatic heterocycles. The second kappa shape index (κ2) is 10.9. The molecule has 0 saturated carbocycles. The van der Waals surface area contributed by atoms with Gasteiger partial charge >= 0.3 is 0 Å². The van der Waals surface area contributed by atoms with Crippen LogP contribution in [0.25, 0.3) is 0 Å². The number of nitrogens with one attached hydrogen (secondary N) is 2. The Balaban J connectivity index is 0.00000338. The van der Waals surface area contributed by atoms with E-state index in [9.17, 15) is 10.2 Å². The van der Waals surface area contributed by atoms with Crippen LogP contribution >= 0.6 is 24.0 Å². The van der Waals surface area contributed by atoms with Crippen LogP contribution in [0.4, 0.5) is 0 Å². The minimum atomic E-state index is -0.0172. The number of ether oxygens (including phenoxy) is 1. The maximum Gasteiger partial charge on any atom is 0.191 e. The van der Waals surface area contributed by atoms with Gasteiger partial charge in [-0.2, -0.15) is 0 Å². The Labute approximate surface area is 173 Å². The van der Waals surface area contributed by atoms with Crippen molar-refractivity contribution >= 4 is 29.9 Å². The average Bonchev–Trinajstić information content (AvgIpc) is 3.04. The molecule has 0 aliphatic carbocycles. The second-order valence-electron chi connectivity index (χ2n) is 6.90. The number of rotatable bonds is 7. The van der Waals surface area contributed by atoms with Crippen molar-refractivity contribution in [3.63, 3.8) is 0 Å². The Hall–Kier alpha value is -1.06. The molecule has 6 nitrogen and oxygen atoms in total. The summed E-state index contributed by atoms with van der Waals surface area (Å²) in [5.41, 5.74) is 2.79. The first-order chi connectivity index (χ1) is 12.0. The van der Waals surface area contributed by atoms with E-state index in [4.69, 9.17) is 4.74 Å². The van der Waals surface area contributed by atoms with Gasteiger partial charge in [0.15, 0.2) is 5.96 Å². The Morgan fingerprint density at radius 3 is 2.50 bits per heavy atom. The van der Waals surface area contributed by atoms with Crippen LogP contribution in [0, 0.1) is 19.3 Å². The normalized spacial score (nSPS) is 19.9. The van der Waals surface area contributed by atoms with Crippen molar-refractivity contribution in [1.82, 2.24) is 10.6 Å². The fourth-order valence-corrected chi connectivity index (χ4v) is 3.23. The molecule has 4 N–H and O–H groups in total. The molecule has 0 bridgehead atoms. The van der Waals surface area contributed by atoms with Crippen LogP contribution < -0.4 is 10.6 Å². The third kappa shape index (κ3) is 6.28. The minimum absolute atomic E-state index is 0. The number of phenols is 1. The summed E-state index contributed by atoms with van der Waals surface area (Å²) in [4.78, 5) is 4.66. The van der Waals surface area contributed by atoms with E-state index in [2.05, 4.69) is 15.6 Å². The molecule has 2 rings (SSSR count). The molecule has 7 heteroatoms. The predicted molar refractivity (Wildman–Crippen MR) is 115 cm³/mol. The summed E-state index contributed by atoms with van der Waals surface area (Å²) in [6.07, 6.45) is 1.69. The van der Waals surface area contributed by atoms with E-state index in [1.807, 2.05) is 32.9 Å². The van der Waals surface area contributed by atoms with Crippen LogP contribution in [0.2, 0.25) is 0 Å². The Bertz CT molecular complexity index is 579. The zero-order valence-corrected chi connectivity index (χ0v) is 18.3. The molecule has 1 fully saturated rings. The topological polar surface area (TPSA) is 86.1 Å². The van der Waals surface area contributed by atoms with Crippen molar-refractivity contribution in [3.05, 3.63) is 28.8 Å². The first kappa shape index (κ1) is 23.0. The van der Waals surface area contributed by atoms with Crippen molar-refractivity contribution < 1.29 is 14.9 Å². The van der Waals surface area contributed by atoms with E-state index < -0.39 is 0 Å². The molecular formula is C19H32IN3O3.